The predicted molar refractivity (Wildman–Crippen MR) is 169 cm³/mol. The first-order chi connectivity index (χ1) is 19.8. The Hall–Kier alpha value is -5.34. The second kappa shape index (κ2) is 9.14. The van der Waals surface area contributed by atoms with Gasteiger partial charge in [0.25, 0.3) is 0 Å². The van der Waals surface area contributed by atoms with Gasteiger partial charge < -0.3 is 9.32 Å². The van der Waals surface area contributed by atoms with Gasteiger partial charge in [0.15, 0.2) is 0 Å². The van der Waals surface area contributed by atoms with Crippen molar-refractivity contribution in [2.45, 2.75) is 0 Å². The molecule has 0 amide bonds. The smallest absolute Gasteiger partial charge is 0.135 e. The molecular formula is C38H25NO. The van der Waals surface area contributed by atoms with Crippen LogP contribution in [0.3, 0.4) is 0 Å². The number of para-hydroxylation sites is 2. The quantitative estimate of drug-likeness (QED) is 0.234. The van der Waals surface area contributed by atoms with E-state index in [-0.39, 0.29) is 0 Å². The van der Waals surface area contributed by atoms with Crippen LogP contribution in [-0.2, 0) is 0 Å². The molecule has 40 heavy (non-hydrogen) atoms. The molecule has 8 rings (SSSR count). The molecule has 0 N–H and O–H groups in total. The SMILES string of the molecule is c1ccc(N(c2ccc3oc4ccccc4c3c2)c2ccc3ccccc3c2-c2cccc3ccccc23)cc1. The molecule has 7 aromatic carbocycles. The first kappa shape index (κ1) is 22.6. The fourth-order valence-corrected chi connectivity index (χ4v) is 6.03. The molecule has 8 aromatic rings. The molecule has 0 aliphatic heterocycles. The summed E-state index contributed by atoms with van der Waals surface area (Å²) < 4.78 is 6.18. The average molecular weight is 512 g/mol. The zero-order chi connectivity index (χ0) is 26.5. The standard InChI is InChI=1S/C38H25NO/c1-2-14-28(15-3-1)39(29-22-24-37-34(25-29)32-18-8-9-20-36(32)40-37)35-23-21-27-12-5-7-17-31(27)38(35)33-19-10-13-26-11-4-6-16-30(26)33/h1-25H. The van der Waals surface area contributed by atoms with Crippen molar-refractivity contribution in [3.63, 3.8) is 0 Å². The van der Waals surface area contributed by atoms with Gasteiger partial charge in [-0.2, -0.15) is 0 Å². The minimum Gasteiger partial charge on any atom is -0.456 e. The van der Waals surface area contributed by atoms with Crippen LogP contribution in [0.15, 0.2) is 156 Å². The van der Waals surface area contributed by atoms with Gasteiger partial charge in [-0.05, 0) is 69.6 Å². The zero-order valence-corrected chi connectivity index (χ0v) is 21.8. The zero-order valence-electron chi connectivity index (χ0n) is 21.8. The molecule has 0 saturated heterocycles. The van der Waals surface area contributed by atoms with Crippen molar-refractivity contribution >= 4 is 60.5 Å². The van der Waals surface area contributed by atoms with Gasteiger partial charge in [0.05, 0.1) is 5.69 Å². The van der Waals surface area contributed by atoms with Crippen LogP contribution in [0.25, 0.3) is 54.6 Å². The Bertz CT molecular complexity index is 2170. The molecule has 0 radical (unpaired) electrons. The Morgan fingerprint density at radius 2 is 1.05 bits per heavy atom. The Labute approximate surface area is 232 Å². The predicted octanol–water partition coefficient (Wildman–Crippen LogP) is 11.0. The van der Waals surface area contributed by atoms with Crippen LogP contribution < -0.4 is 4.90 Å². The second-order valence-corrected chi connectivity index (χ2v) is 10.2. The lowest BCUT2D eigenvalue weighted by molar-refractivity contribution is 0.669. The van der Waals surface area contributed by atoms with Gasteiger partial charge in [0.2, 0.25) is 0 Å². The normalized spacial score (nSPS) is 11.5. The van der Waals surface area contributed by atoms with Crippen molar-refractivity contribution in [2.24, 2.45) is 0 Å². The highest BCUT2D eigenvalue weighted by Gasteiger charge is 2.21. The minimum absolute atomic E-state index is 0.894. The van der Waals surface area contributed by atoms with Gasteiger partial charge >= 0.3 is 0 Å². The maximum absolute atomic E-state index is 6.18. The largest absolute Gasteiger partial charge is 0.456 e. The van der Waals surface area contributed by atoms with Gasteiger partial charge in [-0.15, -0.1) is 0 Å². The van der Waals surface area contributed by atoms with Crippen molar-refractivity contribution in [1.82, 2.24) is 0 Å². The maximum Gasteiger partial charge on any atom is 0.135 e. The number of furan rings is 1. The molecule has 1 heterocycles. The van der Waals surface area contributed by atoms with Crippen LogP contribution in [-0.4, -0.2) is 0 Å². The molecule has 188 valence electrons. The van der Waals surface area contributed by atoms with Gasteiger partial charge in [-0.25, -0.2) is 0 Å². The van der Waals surface area contributed by atoms with Crippen LogP contribution >= 0.6 is 0 Å². The van der Waals surface area contributed by atoms with E-state index in [0.717, 1.165) is 39.0 Å². The van der Waals surface area contributed by atoms with E-state index in [9.17, 15) is 0 Å². The summed E-state index contributed by atoms with van der Waals surface area (Å²) in [6.07, 6.45) is 0. The Kier molecular flexibility index (Phi) is 5.17. The van der Waals surface area contributed by atoms with Crippen LogP contribution in [0.2, 0.25) is 0 Å². The molecule has 0 saturated carbocycles. The number of rotatable bonds is 4. The number of anilines is 3. The highest BCUT2D eigenvalue weighted by molar-refractivity contribution is 6.12. The summed E-state index contributed by atoms with van der Waals surface area (Å²) in [5, 5.41) is 7.16. The molecule has 1 aromatic heterocycles. The van der Waals surface area contributed by atoms with Crippen LogP contribution in [0.1, 0.15) is 0 Å². The second-order valence-electron chi connectivity index (χ2n) is 10.2. The number of benzene rings is 7. The summed E-state index contributed by atoms with van der Waals surface area (Å²) in [4.78, 5) is 2.38. The van der Waals surface area contributed by atoms with Crippen LogP contribution in [0, 0.1) is 0 Å². The molecule has 0 aliphatic carbocycles. The van der Waals surface area contributed by atoms with E-state index < -0.39 is 0 Å². The van der Waals surface area contributed by atoms with E-state index >= 15 is 0 Å². The average Bonchev–Trinajstić information content (AvgIpc) is 3.39. The lowest BCUT2D eigenvalue weighted by atomic mass is 9.91. The van der Waals surface area contributed by atoms with E-state index in [4.69, 9.17) is 4.42 Å². The summed E-state index contributed by atoms with van der Waals surface area (Å²) in [6.45, 7) is 0. The number of hydrogen-bond acceptors (Lipinski definition) is 2. The third-order valence-electron chi connectivity index (χ3n) is 7.84. The first-order valence-corrected chi connectivity index (χ1v) is 13.6. The van der Waals surface area contributed by atoms with Gasteiger partial charge in [-0.1, -0.05) is 109 Å². The molecule has 0 aliphatic rings. The lowest BCUT2D eigenvalue weighted by Gasteiger charge is -2.29. The van der Waals surface area contributed by atoms with Crippen molar-refractivity contribution < 1.29 is 4.42 Å². The third kappa shape index (κ3) is 3.58. The van der Waals surface area contributed by atoms with Crippen LogP contribution in [0.5, 0.6) is 0 Å². The summed E-state index contributed by atoms with van der Waals surface area (Å²) >= 11 is 0. The summed E-state index contributed by atoms with van der Waals surface area (Å²) in [6, 6.07) is 53.9. The summed E-state index contributed by atoms with van der Waals surface area (Å²) in [7, 11) is 0. The van der Waals surface area contributed by atoms with E-state index in [1.807, 2.05) is 12.1 Å². The van der Waals surface area contributed by atoms with E-state index in [2.05, 4.69) is 144 Å². The molecule has 0 unspecified atom stereocenters. The molecule has 0 fully saturated rings. The number of fused-ring (bicyclic) bond motifs is 5. The van der Waals surface area contributed by atoms with Gasteiger partial charge in [-0.3, -0.25) is 0 Å². The van der Waals surface area contributed by atoms with Crippen molar-refractivity contribution in [1.29, 1.82) is 0 Å². The van der Waals surface area contributed by atoms with Crippen LogP contribution in [0.4, 0.5) is 17.1 Å². The number of nitrogens with zero attached hydrogens (tertiary/aromatic N) is 1. The number of hydrogen-bond donors (Lipinski definition) is 0. The van der Waals surface area contributed by atoms with E-state index in [1.165, 1.54) is 32.7 Å². The Morgan fingerprint density at radius 3 is 1.90 bits per heavy atom. The highest BCUT2D eigenvalue weighted by Crippen LogP contribution is 2.46. The monoisotopic (exact) mass is 511 g/mol. The van der Waals surface area contributed by atoms with Crippen molar-refractivity contribution in [2.75, 3.05) is 4.90 Å². The fraction of sp³-hybridized carbons (Fsp3) is 0. The first-order valence-electron chi connectivity index (χ1n) is 13.6. The lowest BCUT2D eigenvalue weighted by Crippen LogP contribution is -2.11. The molecule has 0 bridgehead atoms. The molecular weight excluding hydrogens is 486 g/mol. The van der Waals surface area contributed by atoms with Gasteiger partial charge in [0, 0.05) is 27.7 Å². The molecule has 2 heteroatoms. The van der Waals surface area contributed by atoms with Crippen molar-refractivity contribution in [3.05, 3.63) is 152 Å². The summed E-state index contributed by atoms with van der Waals surface area (Å²) in [5.74, 6) is 0. The van der Waals surface area contributed by atoms with Gasteiger partial charge in [0.1, 0.15) is 11.2 Å². The Balaban J connectivity index is 1.47. The fourth-order valence-electron chi connectivity index (χ4n) is 6.03. The van der Waals surface area contributed by atoms with Crippen molar-refractivity contribution in [3.8, 4) is 11.1 Å². The van der Waals surface area contributed by atoms with E-state index in [0.29, 0.717) is 0 Å². The highest BCUT2D eigenvalue weighted by atomic mass is 16.3. The van der Waals surface area contributed by atoms with E-state index in [1.54, 1.807) is 0 Å². The molecule has 0 spiro atoms. The molecule has 0 atom stereocenters. The molecule has 2 nitrogen and oxygen atoms in total. The maximum atomic E-state index is 6.18. The topological polar surface area (TPSA) is 16.4 Å². The minimum atomic E-state index is 0.894. The third-order valence-corrected chi connectivity index (χ3v) is 7.84. The summed E-state index contributed by atoms with van der Waals surface area (Å²) in [5.41, 5.74) is 7.56. The Morgan fingerprint density at radius 1 is 0.400 bits per heavy atom.